The van der Waals surface area contributed by atoms with Crippen molar-refractivity contribution in [1.29, 1.82) is 0 Å². The largest absolute Gasteiger partial charge is 0.459 e. The fourth-order valence-corrected chi connectivity index (χ4v) is 2.32. The Balaban J connectivity index is 1.61. The molecule has 0 bridgehead atoms. The fourth-order valence-electron chi connectivity index (χ4n) is 2.20. The summed E-state index contributed by atoms with van der Waals surface area (Å²) in [7, 11) is 0. The number of aromatic nitrogens is 2. The van der Waals surface area contributed by atoms with Gasteiger partial charge in [-0.15, -0.1) is 0 Å². The topological polar surface area (TPSA) is 60.1 Å². The molecule has 6 heteroatoms. The summed E-state index contributed by atoms with van der Waals surface area (Å²) >= 11 is 5.88. The zero-order valence-corrected chi connectivity index (χ0v) is 13.3. The number of hydrogen-bond donors (Lipinski definition) is 1. The lowest BCUT2D eigenvalue weighted by Crippen LogP contribution is -2.29. The highest BCUT2D eigenvalue weighted by molar-refractivity contribution is 6.30. The molecule has 118 valence electrons. The quantitative estimate of drug-likeness (QED) is 0.777. The van der Waals surface area contributed by atoms with E-state index in [-0.39, 0.29) is 11.9 Å². The Labute approximate surface area is 138 Å². The van der Waals surface area contributed by atoms with Gasteiger partial charge in [0.05, 0.1) is 12.9 Å². The maximum atomic E-state index is 12.1. The van der Waals surface area contributed by atoms with Crippen LogP contribution in [0.4, 0.5) is 0 Å². The molecule has 23 heavy (non-hydrogen) atoms. The smallest absolute Gasteiger partial charge is 0.243 e. The number of imidazole rings is 1. The van der Waals surface area contributed by atoms with Gasteiger partial charge in [-0.05, 0) is 43.3 Å². The summed E-state index contributed by atoms with van der Waals surface area (Å²) in [4.78, 5) is 16.1. The summed E-state index contributed by atoms with van der Waals surface area (Å²) in [6.07, 6.45) is 5.03. The SMILES string of the molecule is C[C@@H](C(=O)NCc1ccc(-c2ccc(Cl)cc2)o1)n1ccnc1. The van der Waals surface area contributed by atoms with Crippen LogP contribution in [0.3, 0.4) is 0 Å². The molecule has 0 aliphatic carbocycles. The molecule has 5 nitrogen and oxygen atoms in total. The van der Waals surface area contributed by atoms with E-state index in [1.807, 2.05) is 43.3 Å². The van der Waals surface area contributed by atoms with Crippen LogP contribution >= 0.6 is 11.6 Å². The van der Waals surface area contributed by atoms with Gasteiger partial charge < -0.3 is 14.3 Å². The second kappa shape index (κ2) is 6.71. The Kier molecular flexibility index (Phi) is 4.48. The fraction of sp³-hybridized carbons (Fsp3) is 0.176. The Hall–Kier alpha value is -2.53. The van der Waals surface area contributed by atoms with Gasteiger partial charge in [-0.3, -0.25) is 4.79 Å². The minimum Gasteiger partial charge on any atom is -0.459 e. The molecule has 1 atom stereocenters. The van der Waals surface area contributed by atoms with Crippen LogP contribution in [0.1, 0.15) is 18.7 Å². The van der Waals surface area contributed by atoms with Crippen molar-refractivity contribution >= 4 is 17.5 Å². The molecule has 2 aromatic heterocycles. The van der Waals surface area contributed by atoms with E-state index in [0.29, 0.717) is 17.3 Å². The first-order valence-corrected chi connectivity index (χ1v) is 7.61. The summed E-state index contributed by atoms with van der Waals surface area (Å²) < 4.78 is 7.50. The highest BCUT2D eigenvalue weighted by atomic mass is 35.5. The average Bonchev–Trinajstić information content (AvgIpc) is 3.24. The molecule has 0 spiro atoms. The van der Waals surface area contributed by atoms with Crippen LogP contribution in [0, 0.1) is 0 Å². The molecule has 0 saturated carbocycles. The average molecular weight is 330 g/mol. The van der Waals surface area contributed by atoms with Crippen LogP contribution in [-0.2, 0) is 11.3 Å². The molecule has 3 rings (SSSR count). The molecule has 0 aliphatic rings. The van der Waals surface area contributed by atoms with Crippen LogP contribution < -0.4 is 5.32 Å². The van der Waals surface area contributed by atoms with E-state index in [4.69, 9.17) is 16.0 Å². The van der Waals surface area contributed by atoms with Crippen molar-refractivity contribution in [3.05, 3.63) is 65.9 Å². The summed E-state index contributed by atoms with van der Waals surface area (Å²) in [5.41, 5.74) is 0.943. The molecule has 1 N–H and O–H groups in total. The zero-order valence-electron chi connectivity index (χ0n) is 12.6. The number of carbonyl (C=O) groups excluding carboxylic acids is 1. The van der Waals surface area contributed by atoms with Gasteiger partial charge in [0.2, 0.25) is 5.91 Å². The summed E-state index contributed by atoms with van der Waals surface area (Å²) in [5.74, 6) is 1.35. The molecular weight excluding hydrogens is 314 g/mol. The lowest BCUT2D eigenvalue weighted by molar-refractivity contribution is -0.124. The predicted molar refractivity (Wildman–Crippen MR) is 87.9 cm³/mol. The molecule has 0 radical (unpaired) electrons. The second-order valence-electron chi connectivity index (χ2n) is 5.18. The molecule has 1 amide bonds. The lowest BCUT2D eigenvalue weighted by atomic mass is 10.2. The number of amides is 1. The number of hydrogen-bond acceptors (Lipinski definition) is 3. The number of halogens is 1. The van der Waals surface area contributed by atoms with Gasteiger partial charge in [-0.25, -0.2) is 4.98 Å². The first kappa shape index (κ1) is 15.4. The van der Waals surface area contributed by atoms with Gasteiger partial charge in [0.1, 0.15) is 17.6 Å². The van der Waals surface area contributed by atoms with Crippen molar-refractivity contribution in [2.24, 2.45) is 0 Å². The summed E-state index contributed by atoms with van der Waals surface area (Å²) in [6, 6.07) is 10.8. The molecule has 3 aromatic rings. The minimum absolute atomic E-state index is 0.0903. The molecule has 1 aromatic carbocycles. The molecule has 0 unspecified atom stereocenters. The number of carbonyl (C=O) groups is 1. The molecular formula is C17H16ClN3O2. The minimum atomic E-state index is -0.316. The zero-order chi connectivity index (χ0) is 16.2. The van der Waals surface area contributed by atoms with Crippen molar-refractivity contribution in [3.63, 3.8) is 0 Å². The first-order chi connectivity index (χ1) is 11.1. The van der Waals surface area contributed by atoms with Crippen molar-refractivity contribution in [2.75, 3.05) is 0 Å². The van der Waals surface area contributed by atoms with Gasteiger partial charge in [0, 0.05) is 23.0 Å². The van der Waals surface area contributed by atoms with Gasteiger partial charge in [0.15, 0.2) is 0 Å². The third kappa shape index (κ3) is 3.63. The molecule has 2 heterocycles. The van der Waals surface area contributed by atoms with Gasteiger partial charge in [-0.1, -0.05) is 11.6 Å². The van der Waals surface area contributed by atoms with Crippen LogP contribution in [-0.4, -0.2) is 15.5 Å². The van der Waals surface area contributed by atoms with E-state index >= 15 is 0 Å². The Bertz CT molecular complexity index is 779. The number of nitrogens with zero attached hydrogens (tertiary/aromatic N) is 2. The summed E-state index contributed by atoms with van der Waals surface area (Å²) in [5, 5.41) is 3.54. The van der Waals surface area contributed by atoms with E-state index in [1.165, 1.54) is 0 Å². The van der Waals surface area contributed by atoms with Crippen LogP contribution in [0.5, 0.6) is 0 Å². The van der Waals surface area contributed by atoms with Crippen molar-refractivity contribution in [3.8, 4) is 11.3 Å². The number of furan rings is 1. The second-order valence-corrected chi connectivity index (χ2v) is 5.61. The predicted octanol–water partition coefficient (Wildman–Crippen LogP) is 3.67. The van der Waals surface area contributed by atoms with Crippen molar-refractivity contribution < 1.29 is 9.21 Å². The van der Waals surface area contributed by atoms with Crippen LogP contribution in [0.15, 0.2) is 59.5 Å². The van der Waals surface area contributed by atoms with Crippen molar-refractivity contribution in [2.45, 2.75) is 19.5 Å². The van der Waals surface area contributed by atoms with E-state index in [0.717, 1.165) is 11.3 Å². The Morgan fingerprint density at radius 3 is 2.78 bits per heavy atom. The highest BCUT2D eigenvalue weighted by Crippen LogP contribution is 2.23. The van der Waals surface area contributed by atoms with Gasteiger partial charge in [0.25, 0.3) is 0 Å². The number of rotatable bonds is 5. The number of benzene rings is 1. The van der Waals surface area contributed by atoms with E-state index in [1.54, 1.807) is 23.3 Å². The highest BCUT2D eigenvalue weighted by Gasteiger charge is 2.14. The van der Waals surface area contributed by atoms with Crippen LogP contribution in [0.25, 0.3) is 11.3 Å². The first-order valence-electron chi connectivity index (χ1n) is 7.23. The third-order valence-corrected chi connectivity index (χ3v) is 3.83. The normalized spacial score (nSPS) is 12.1. The molecule has 0 saturated heterocycles. The van der Waals surface area contributed by atoms with Crippen LogP contribution in [0.2, 0.25) is 5.02 Å². The standard InChI is InChI=1S/C17H16ClN3O2/c1-12(21-9-8-19-11-21)17(22)20-10-15-6-7-16(23-15)13-2-4-14(18)5-3-13/h2-9,11-12H,10H2,1H3,(H,20,22)/t12-/m0/s1. The molecule has 0 aliphatic heterocycles. The Morgan fingerprint density at radius 1 is 1.30 bits per heavy atom. The monoisotopic (exact) mass is 329 g/mol. The maximum absolute atomic E-state index is 12.1. The third-order valence-electron chi connectivity index (χ3n) is 3.58. The Morgan fingerprint density at radius 2 is 2.09 bits per heavy atom. The lowest BCUT2D eigenvalue weighted by Gasteiger charge is -2.12. The van der Waals surface area contributed by atoms with Gasteiger partial charge >= 0.3 is 0 Å². The van der Waals surface area contributed by atoms with E-state index in [2.05, 4.69) is 10.3 Å². The van der Waals surface area contributed by atoms with E-state index in [9.17, 15) is 4.79 Å². The number of nitrogens with one attached hydrogen (secondary N) is 1. The molecule has 0 fully saturated rings. The maximum Gasteiger partial charge on any atom is 0.243 e. The summed E-state index contributed by atoms with van der Waals surface area (Å²) in [6.45, 7) is 2.16. The van der Waals surface area contributed by atoms with E-state index < -0.39 is 0 Å². The van der Waals surface area contributed by atoms with Crippen molar-refractivity contribution in [1.82, 2.24) is 14.9 Å². The van der Waals surface area contributed by atoms with Gasteiger partial charge in [-0.2, -0.15) is 0 Å².